The molecule has 0 spiro atoms. The standard InChI is InChI=1S/C32H30N2O6S/c1-18-15-21(13-14-24(18)35)28-27(30(37)39-5)34-25(36)17-22(16-20-11-8-10-19-9-6-7-12-23(19)20)26(29(34)41-28)33-31(38)40-32(2,3)4/h6-15,17,35H,16H2,1-5H3,(H,33,38). The van der Waals surface area contributed by atoms with Crippen LogP contribution < -0.4 is 10.9 Å². The highest BCUT2D eigenvalue weighted by atomic mass is 32.1. The Balaban J connectivity index is 1.78. The van der Waals surface area contributed by atoms with Crippen molar-refractivity contribution in [3.05, 3.63) is 99.5 Å². The molecule has 2 aromatic heterocycles. The number of esters is 1. The third-order valence-electron chi connectivity index (χ3n) is 6.62. The Morgan fingerprint density at radius 1 is 1.00 bits per heavy atom. The zero-order valence-corrected chi connectivity index (χ0v) is 24.2. The van der Waals surface area contributed by atoms with Crippen LogP contribution in [0, 0.1) is 6.92 Å². The second-order valence-corrected chi connectivity index (χ2v) is 11.7. The van der Waals surface area contributed by atoms with Crippen molar-refractivity contribution in [2.24, 2.45) is 0 Å². The highest BCUT2D eigenvalue weighted by molar-refractivity contribution is 7.21. The van der Waals surface area contributed by atoms with E-state index < -0.39 is 23.2 Å². The minimum atomic E-state index is -0.758. The third kappa shape index (κ3) is 5.53. The molecule has 0 unspecified atom stereocenters. The van der Waals surface area contributed by atoms with E-state index in [2.05, 4.69) is 5.32 Å². The van der Waals surface area contributed by atoms with Gasteiger partial charge >= 0.3 is 12.1 Å². The lowest BCUT2D eigenvalue weighted by Crippen LogP contribution is -2.28. The fourth-order valence-electron chi connectivity index (χ4n) is 4.79. The van der Waals surface area contributed by atoms with Crippen molar-refractivity contribution in [3.63, 3.8) is 0 Å². The van der Waals surface area contributed by atoms with E-state index >= 15 is 0 Å². The number of thiazole rings is 1. The highest BCUT2D eigenvalue weighted by Gasteiger charge is 2.27. The fraction of sp³-hybridized carbons (Fsp3) is 0.219. The molecule has 0 bridgehead atoms. The second kappa shape index (κ2) is 10.7. The van der Waals surface area contributed by atoms with Crippen LogP contribution in [0.25, 0.3) is 26.0 Å². The predicted octanol–water partition coefficient (Wildman–Crippen LogP) is 6.92. The molecule has 0 saturated heterocycles. The smallest absolute Gasteiger partial charge is 0.412 e. The number of carbonyl (C=O) groups is 2. The minimum Gasteiger partial charge on any atom is -0.508 e. The van der Waals surface area contributed by atoms with Crippen LogP contribution in [-0.4, -0.2) is 34.3 Å². The summed E-state index contributed by atoms with van der Waals surface area (Å²) in [6.45, 7) is 7.04. The van der Waals surface area contributed by atoms with Crippen molar-refractivity contribution in [2.75, 3.05) is 12.4 Å². The van der Waals surface area contributed by atoms with Crippen LogP contribution in [0.2, 0.25) is 0 Å². The summed E-state index contributed by atoms with van der Waals surface area (Å²) in [6.07, 6.45) is -0.343. The maximum atomic E-state index is 13.7. The molecular weight excluding hydrogens is 540 g/mol. The molecule has 3 aromatic carbocycles. The number of nitrogens with zero attached hydrogens (tertiary/aromatic N) is 1. The average molecular weight is 571 g/mol. The van der Waals surface area contributed by atoms with E-state index in [-0.39, 0.29) is 11.4 Å². The summed E-state index contributed by atoms with van der Waals surface area (Å²) in [4.78, 5) is 40.7. The minimum absolute atomic E-state index is 0.0338. The Morgan fingerprint density at radius 3 is 2.44 bits per heavy atom. The SMILES string of the molecule is COC(=O)c1c(-c2ccc(O)c(C)c2)sc2c(NC(=O)OC(C)(C)C)c(Cc3cccc4ccccc34)cc(=O)n12. The average Bonchev–Trinajstić information content (AvgIpc) is 3.32. The first-order valence-corrected chi connectivity index (χ1v) is 13.8. The number of nitrogens with one attached hydrogen (secondary N) is 1. The van der Waals surface area contributed by atoms with Gasteiger partial charge in [-0.3, -0.25) is 14.5 Å². The van der Waals surface area contributed by atoms with Crippen molar-refractivity contribution in [2.45, 2.75) is 39.7 Å². The Labute approximate surface area is 240 Å². The molecule has 0 aliphatic heterocycles. The van der Waals surface area contributed by atoms with Crippen LogP contribution >= 0.6 is 11.3 Å². The van der Waals surface area contributed by atoms with E-state index in [0.717, 1.165) is 16.3 Å². The number of methoxy groups -OCH3 is 1. The van der Waals surface area contributed by atoms with Crippen LogP contribution in [0.3, 0.4) is 0 Å². The predicted molar refractivity (Wildman–Crippen MR) is 161 cm³/mol. The van der Waals surface area contributed by atoms with E-state index in [0.29, 0.717) is 38.5 Å². The van der Waals surface area contributed by atoms with Crippen molar-refractivity contribution < 1.29 is 24.2 Å². The first kappa shape index (κ1) is 27.9. The first-order chi connectivity index (χ1) is 19.5. The number of benzene rings is 3. The quantitative estimate of drug-likeness (QED) is 0.222. The largest absolute Gasteiger partial charge is 0.508 e. The molecule has 2 heterocycles. The summed E-state index contributed by atoms with van der Waals surface area (Å²) in [6, 6.07) is 20.3. The van der Waals surface area contributed by atoms with Crippen molar-refractivity contribution in [1.82, 2.24) is 4.40 Å². The number of fused-ring (bicyclic) bond motifs is 2. The Kier molecular flexibility index (Phi) is 7.31. The molecule has 210 valence electrons. The summed E-state index contributed by atoms with van der Waals surface area (Å²) in [5.41, 5.74) is 1.96. The van der Waals surface area contributed by atoms with E-state index in [9.17, 15) is 19.5 Å². The van der Waals surface area contributed by atoms with Crippen LogP contribution in [0.4, 0.5) is 10.5 Å². The fourth-order valence-corrected chi connectivity index (χ4v) is 6.06. The number of carbonyl (C=O) groups excluding carboxylic acids is 2. The molecular formula is C32H30N2O6S. The molecule has 8 nitrogen and oxygen atoms in total. The summed E-state index contributed by atoms with van der Waals surface area (Å²) >= 11 is 1.17. The van der Waals surface area contributed by atoms with Gasteiger partial charge in [0, 0.05) is 12.5 Å². The van der Waals surface area contributed by atoms with E-state index in [1.54, 1.807) is 39.8 Å². The van der Waals surface area contributed by atoms with Crippen LogP contribution in [0.1, 0.15) is 48.0 Å². The van der Waals surface area contributed by atoms with Crippen molar-refractivity contribution in [3.8, 4) is 16.2 Å². The highest BCUT2D eigenvalue weighted by Crippen LogP contribution is 2.39. The normalized spacial score (nSPS) is 11.5. The summed E-state index contributed by atoms with van der Waals surface area (Å²) < 4.78 is 11.9. The molecule has 0 fully saturated rings. The zero-order valence-electron chi connectivity index (χ0n) is 23.4. The van der Waals surface area contributed by atoms with Gasteiger partial charge in [-0.25, -0.2) is 9.59 Å². The molecule has 9 heteroatoms. The van der Waals surface area contributed by atoms with Gasteiger partial charge in [0.1, 0.15) is 16.2 Å². The first-order valence-electron chi connectivity index (χ1n) is 13.0. The number of anilines is 1. The summed E-state index contributed by atoms with van der Waals surface area (Å²) in [5.74, 6) is -0.597. The lowest BCUT2D eigenvalue weighted by Gasteiger charge is -2.21. The Morgan fingerprint density at radius 2 is 1.73 bits per heavy atom. The van der Waals surface area contributed by atoms with Crippen molar-refractivity contribution >= 4 is 44.7 Å². The van der Waals surface area contributed by atoms with E-state index in [4.69, 9.17) is 9.47 Å². The van der Waals surface area contributed by atoms with Gasteiger partial charge in [0.05, 0.1) is 17.7 Å². The number of amides is 1. The molecule has 2 N–H and O–H groups in total. The van der Waals surface area contributed by atoms with Gasteiger partial charge in [0.25, 0.3) is 5.56 Å². The van der Waals surface area contributed by atoms with Crippen LogP contribution in [-0.2, 0) is 15.9 Å². The van der Waals surface area contributed by atoms with Gasteiger partial charge in [-0.1, -0.05) is 42.5 Å². The number of rotatable bonds is 5. The number of aryl methyl sites for hydroxylation is 1. The van der Waals surface area contributed by atoms with Gasteiger partial charge in [-0.05, 0) is 78.9 Å². The molecule has 0 saturated carbocycles. The molecule has 0 radical (unpaired) electrons. The van der Waals surface area contributed by atoms with Gasteiger partial charge in [0.2, 0.25) is 0 Å². The lowest BCUT2D eigenvalue weighted by molar-refractivity contribution is 0.0592. The number of aromatic hydroxyl groups is 1. The molecule has 5 aromatic rings. The molecule has 0 aliphatic carbocycles. The molecule has 1 amide bonds. The number of ether oxygens (including phenoxy) is 2. The van der Waals surface area contributed by atoms with E-state index in [1.165, 1.54) is 35.0 Å². The Bertz CT molecular complexity index is 1870. The number of phenols is 1. The maximum absolute atomic E-state index is 13.7. The summed E-state index contributed by atoms with van der Waals surface area (Å²) in [5, 5.41) is 15.0. The van der Waals surface area contributed by atoms with Gasteiger partial charge in [-0.2, -0.15) is 0 Å². The second-order valence-electron chi connectivity index (χ2n) is 10.7. The van der Waals surface area contributed by atoms with E-state index in [1.807, 2.05) is 42.5 Å². The zero-order chi connectivity index (χ0) is 29.5. The van der Waals surface area contributed by atoms with Crippen LogP contribution in [0.5, 0.6) is 5.75 Å². The van der Waals surface area contributed by atoms with Gasteiger partial charge in [-0.15, -0.1) is 11.3 Å². The number of aromatic nitrogens is 1. The Hall–Kier alpha value is -4.63. The monoisotopic (exact) mass is 570 g/mol. The number of hydrogen-bond donors (Lipinski definition) is 2. The van der Waals surface area contributed by atoms with Crippen molar-refractivity contribution in [1.29, 1.82) is 0 Å². The molecule has 5 rings (SSSR count). The number of phenolic OH excluding ortho intramolecular Hbond substituents is 1. The molecule has 41 heavy (non-hydrogen) atoms. The number of hydrogen-bond acceptors (Lipinski definition) is 7. The number of pyridine rings is 1. The maximum Gasteiger partial charge on any atom is 0.412 e. The van der Waals surface area contributed by atoms with Crippen LogP contribution in [0.15, 0.2) is 71.5 Å². The van der Waals surface area contributed by atoms with Gasteiger partial charge in [0.15, 0.2) is 5.69 Å². The molecule has 0 atom stereocenters. The third-order valence-corrected chi connectivity index (χ3v) is 7.83. The van der Waals surface area contributed by atoms with Gasteiger partial charge < -0.3 is 14.6 Å². The molecule has 0 aliphatic rings. The lowest BCUT2D eigenvalue weighted by atomic mass is 9.98. The summed E-state index contributed by atoms with van der Waals surface area (Å²) in [7, 11) is 1.25. The topological polar surface area (TPSA) is 106 Å².